The summed E-state index contributed by atoms with van der Waals surface area (Å²) in [7, 11) is 0. The number of rotatable bonds is 7. The molecule has 0 N–H and O–H groups in total. The molecule has 1 aliphatic heterocycles. The van der Waals surface area contributed by atoms with E-state index in [9.17, 15) is 24.1 Å². The number of halogens is 3. The molecule has 0 aromatic heterocycles. The molecule has 7 nitrogen and oxygen atoms in total. The minimum absolute atomic E-state index is 0.0179. The van der Waals surface area contributed by atoms with Gasteiger partial charge in [-0.3, -0.25) is 24.6 Å². The topological polar surface area (TPSA) is 89.7 Å². The van der Waals surface area contributed by atoms with Crippen LogP contribution in [0.3, 0.4) is 0 Å². The first-order valence-corrected chi connectivity index (χ1v) is 13.0. The van der Waals surface area contributed by atoms with Gasteiger partial charge in [0.1, 0.15) is 18.2 Å². The molecule has 3 aromatic rings. The van der Waals surface area contributed by atoms with Crippen molar-refractivity contribution in [3.8, 4) is 5.75 Å². The fourth-order valence-electron chi connectivity index (χ4n) is 3.23. The zero-order chi connectivity index (χ0) is 25.1. The summed E-state index contributed by atoms with van der Waals surface area (Å²) in [6, 6.07) is 15.5. The Labute approximate surface area is 231 Å². The average Bonchev–Trinajstić information content (AvgIpc) is 3.07. The minimum Gasteiger partial charge on any atom is -0.487 e. The van der Waals surface area contributed by atoms with Crippen molar-refractivity contribution in [2.75, 3.05) is 0 Å². The Kier molecular flexibility index (Phi) is 8.06. The van der Waals surface area contributed by atoms with Crippen molar-refractivity contribution in [3.63, 3.8) is 0 Å². The van der Waals surface area contributed by atoms with Crippen LogP contribution in [0.2, 0.25) is 0 Å². The van der Waals surface area contributed by atoms with Crippen molar-refractivity contribution in [3.05, 3.63) is 105 Å². The largest absolute Gasteiger partial charge is 0.487 e. The number of non-ortho nitro benzene ring substituents is 1. The molecule has 0 spiro atoms. The van der Waals surface area contributed by atoms with Crippen molar-refractivity contribution in [2.45, 2.75) is 13.2 Å². The predicted octanol–water partition coefficient (Wildman–Crippen LogP) is 6.76. The lowest BCUT2D eigenvalue weighted by Gasteiger charge is -2.12. The van der Waals surface area contributed by atoms with Crippen LogP contribution in [0.15, 0.2) is 65.6 Å². The second-order valence-corrected chi connectivity index (χ2v) is 10.7. The number of hydrogen-bond donors (Lipinski definition) is 0. The zero-order valence-electron chi connectivity index (χ0n) is 17.7. The molecule has 1 aliphatic rings. The molecule has 11 heteroatoms. The van der Waals surface area contributed by atoms with Gasteiger partial charge in [-0.2, -0.15) is 0 Å². The zero-order valence-corrected chi connectivity index (χ0v) is 22.9. The molecule has 1 fully saturated rings. The summed E-state index contributed by atoms with van der Waals surface area (Å²) in [5.41, 5.74) is 2.22. The summed E-state index contributed by atoms with van der Waals surface area (Å²) in [5, 5.41) is 10.4. The molecule has 0 atom stereocenters. The molecule has 2 amide bonds. The number of imide groups is 1. The average molecular weight is 716 g/mol. The lowest BCUT2D eigenvalue weighted by molar-refractivity contribution is -0.384. The maximum absolute atomic E-state index is 13.1. The first-order chi connectivity index (χ1) is 16.7. The Morgan fingerprint density at radius 1 is 1.00 bits per heavy atom. The smallest absolute Gasteiger partial charge is 0.293 e. The van der Waals surface area contributed by atoms with E-state index in [1.807, 2.05) is 12.1 Å². The van der Waals surface area contributed by atoms with Crippen LogP contribution in [0.4, 0.5) is 14.9 Å². The van der Waals surface area contributed by atoms with Gasteiger partial charge in [-0.25, -0.2) is 4.39 Å². The Bertz CT molecular complexity index is 1320. The van der Waals surface area contributed by atoms with E-state index < -0.39 is 10.8 Å². The van der Waals surface area contributed by atoms with E-state index in [0.717, 1.165) is 34.9 Å². The Hall–Kier alpha value is -2.52. The van der Waals surface area contributed by atoms with Crippen LogP contribution in [0.1, 0.15) is 16.7 Å². The van der Waals surface area contributed by atoms with Gasteiger partial charge in [-0.1, -0.05) is 12.1 Å². The highest BCUT2D eigenvalue weighted by Gasteiger charge is 2.35. The molecular formula is C24H15FI2N2O5S. The Morgan fingerprint density at radius 2 is 1.60 bits per heavy atom. The lowest BCUT2D eigenvalue weighted by atomic mass is 10.2. The highest BCUT2D eigenvalue weighted by atomic mass is 127. The van der Waals surface area contributed by atoms with Gasteiger partial charge in [0.25, 0.3) is 16.8 Å². The maximum atomic E-state index is 13.1. The van der Waals surface area contributed by atoms with Gasteiger partial charge in [0.2, 0.25) is 0 Å². The number of nitrogens with zero attached hydrogens (tertiary/aromatic N) is 2. The molecule has 178 valence electrons. The number of carbonyl (C=O) groups excluding carboxylic acids is 2. The monoisotopic (exact) mass is 716 g/mol. The molecular weight excluding hydrogens is 701 g/mol. The van der Waals surface area contributed by atoms with E-state index in [1.54, 1.807) is 30.3 Å². The molecule has 1 saturated heterocycles. The van der Waals surface area contributed by atoms with E-state index in [4.69, 9.17) is 4.74 Å². The third-order valence-corrected chi connectivity index (χ3v) is 7.49. The van der Waals surface area contributed by atoms with Crippen molar-refractivity contribution in [1.29, 1.82) is 0 Å². The molecule has 3 aromatic carbocycles. The fraction of sp³-hybridized carbons (Fsp3) is 0.0833. The van der Waals surface area contributed by atoms with E-state index >= 15 is 0 Å². The number of carbonyl (C=O) groups is 2. The minimum atomic E-state index is -0.452. The van der Waals surface area contributed by atoms with Crippen LogP contribution in [0.25, 0.3) is 6.08 Å². The fourth-order valence-corrected chi connectivity index (χ4v) is 6.20. The van der Waals surface area contributed by atoms with Crippen LogP contribution in [0, 0.1) is 23.1 Å². The van der Waals surface area contributed by atoms with E-state index in [-0.39, 0.29) is 29.9 Å². The third-order valence-electron chi connectivity index (χ3n) is 4.98. The maximum Gasteiger partial charge on any atom is 0.293 e. The van der Waals surface area contributed by atoms with Crippen molar-refractivity contribution in [1.82, 2.24) is 4.90 Å². The van der Waals surface area contributed by atoms with Gasteiger partial charge in [0.05, 0.1) is 23.5 Å². The van der Waals surface area contributed by atoms with Gasteiger partial charge in [0.15, 0.2) is 0 Å². The third kappa shape index (κ3) is 6.19. The number of nitro benzene ring substituents is 1. The quantitative estimate of drug-likeness (QED) is 0.116. The summed E-state index contributed by atoms with van der Waals surface area (Å²) in [4.78, 5) is 37.0. The van der Waals surface area contributed by atoms with E-state index in [1.165, 1.54) is 24.3 Å². The SMILES string of the molecule is O=C1S/C(=C\c2cc(I)c(OCc3ccc([N+](=O)[O-])cc3)c(I)c2)C(=O)N1Cc1ccc(F)cc1. The van der Waals surface area contributed by atoms with Crippen LogP contribution in [0.5, 0.6) is 5.75 Å². The van der Waals surface area contributed by atoms with Crippen molar-refractivity contribution >= 4 is 79.9 Å². The number of benzene rings is 3. The summed E-state index contributed by atoms with van der Waals surface area (Å²) >= 11 is 5.14. The van der Waals surface area contributed by atoms with E-state index in [2.05, 4.69) is 45.2 Å². The predicted molar refractivity (Wildman–Crippen MR) is 147 cm³/mol. The van der Waals surface area contributed by atoms with Crippen LogP contribution >= 0.6 is 56.9 Å². The van der Waals surface area contributed by atoms with Gasteiger partial charge < -0.3 is 4.74 Å². The molecule has 35 heavy (non-hydrogen) atoms. The molecule has 0 bridgehead atoms. The Balaban J connectivity index is 1.47. The molecule has 1 heterocycles. The highest BCUT2D eigenvalue weighted by molar-refractivity contribution is 14.1. The highest BCUT2D eigenvalue weighted by Crippen LogP contribution is 2.35. The van der Waals surface area contributed by atoms with Gasteiger partial charge >= 0.3 is 0 Å². The number of thioether (sulfide) groups is 1. The van der Waals surface area contributed by atoms with Crippen molar-refractivity contribution < 1.29 is 23.6 Å². The summed E-state index contributed by atoms with van der Waals surface area (Å²) in [6.07, 6.45) is 1.67. The number of hydrogen-bond acceptors (Lipinski definition) is 6. The number of ether oxygens (including phenoxy) is 1. The van der Waals surface area contributed by atoms with Crippen molar-refractivity contribution in [2.24, 2.45) is 0 Å². The molecule has 0 saturated carbocycles. The second-order valence-electron chi connectivity index (χ2n) is 7.42. The standard InChI is InChI=1S/C24H15FI2N2O5S/c25-17-5-1-14(2-6-17)12-28-23(30)21(35-24(28)31)11-16-9-19(26)22(20(27)10-16)34-13-15-3-7-18(8-4-15)29(32)33/h1-11H,12-13H2/b21-11-. The molecule has 4 rings (SSSR count). The Morgan fingerprint density at radius 3 is 2.20 bits per heavy atom. The van der Waals surface area contributed by atoms with Crippen LogP contribution in [-0.2, 0) is 17.9 Å². The summed E-state index contributed by atoms with van der Waals surface area (Å²) in [5.74, 6) is -0.119. The molecule has 0 aliphatic carbocycles. The molecule has 0 radical (unpaired) electrons. The van der Waals surface area contributed by atoms with Crippen LogP contribution < -0.4 is 4.74 Å². The lowest BCUT2D eigenvalue weighted by Crippen LogP contribution is -2.27. The number of nitro groups is 1. The summed E-state index contributed by atoms with van der Waals surface area (Å²) in [6.45, 7) is 0.318. The van der Waals surface area contributed by atoms with Crippen LogP contribution in [-0.4, -0.2) is 21.0 Å². The molecule has 0 unspecified atom stereocenters. The second kappa shape index (κ2) is 11.0. The van der Waals surface area contributed by atoms with Gasteiger partial charge in [0, 0.05) is 12.1 Å². The normalized spacial score (nSPS) is 14.6. The van der Waals surface area contributed by atoms with Gasteiger partial charge in [-0.15, -0.1) is 0 Å². The summed E-state index contributed by atoms with van der Waals surface area (Å²) < 4.78 is 20.7. The first-order valence-electron chi connectivity index (χ1n) is 10.1. The number of amides is 2. The van der Waals surface area contributed by atoms with E-state index in [0.29, 0.717) is 16.2 Å². The van der Waals surface area contributed by atoms with Gasteiger partial charge in [-0.05, 0) is 116 Å². The first kappa shape index (κ1) is 25.6.